The summed E-state index contributed by atoms with van der Waals surface area (Å²) in [6, 6.07) is 28.0. The minimum absolute atomic E-state index is 0.0181. The van der Waals surface area contributed by atoms with Crippen LogP contribution < -0.4 is 0 Å². The van der Waals surface area contributed by atoms with Crippen LogP contribution in [0.15, 0.2) is 101 Å². The van der Waals surface area contributed by atoms with Crippen LogP contribution in [0.25, 0.3) is 22.4 Å². The van der Waals surface area contributed by atoms with Crippen molar-refractivity contribution in [3.63, 3.8) is 0 Å². The van der Waals surface area contributed by atoms with Crippen molar-refractivity contribution in [1.29, 1.82) is 0 Å². The van der Waals surface area contributed by atoms with Crippen LogP contribution in [0.2, 0.25) is 0 Å². The fourth-order valence-electron chi connectivity index (χ4n) is 3.89. The standard InChI is InChI=1S/C27H24N4O2S/c1-19(34-27-30-29-25(33-27)23-16-28-24-15-9-8-14-22(23)24)26(32)31(17-20-10-4-2-5-11-20)18-21-12-6-3-7-13-21/h2-16,19,28H,17-18H2,1H3. The number of hydrogen-bond acceptors (Lipinski definition) is 5. The molecule has 6 nitrogen and oxygen atoms in total. The van der Waals surface area contributed by atoms with E-state index >= 15 is 0 Å². The van der Waals surface area contributed by atoms with Crippen LogP contribution in [0.4, 0.5) is 0 Å². The number of amides is 1. The Morgan fingerprint density at radius 2 is 1.53 bits per heavy atom. The molecule has 0 saturated carbocycles. The van der Waals surface area contributed by atoms with E-state index in [2.05, 4.69) is 15.2 Å². The molecule has 1 unspecified atom stereocenters. The number of aromatic amines is 1. The molecule has 0 aliphatic rings. The average Bonchev–Trinajstić information content (AvgIpc) is 3.51. The number of para-hydroxylation sites is 1. The van der Waals surface area contributed by atoms with Crippen molar-refractivity contribution in [2.45, 2.75) is 30.5 Å². The first-order valence-corrected chi connectivity index (χ1v) is 12.0. The molecule has 2 aromatic heterocycles. The predicted octanol–water partition coefficient (Wildman–Crippen LogP) is 5.93. The number of H-pyrrole nitrogens is 1. The van der Waals surface area contributed by atoms with Gasteiger partial charge in [-0.25, -0.2) is 0 Å². The van der Waals surface area contributed by atoms with Crippen LogP contribution in [0.1, 0.15) is 18.1 Å². The highest BCUT2D eigenvalue weighted by Crippen LogP contribution is 2.31. The molecular formula is C27H24N4O2S. The van der Waals surface area contributed by atoms with Gasteiger partial charge in [-0.3, -0.25) is 4.79 Å². The molecule has 34 heavy (non-hydrogen) atoms. The second-order valence-corrected chi connectivity index (χ2v) is 9.34. The Morgan fingerprint density at radius 3 is 2.21 bits per heavy atom. The molecule has 170 valence electrons. The van der Waals surface area contributed by atoms with Crippen molar-refractivity contribution in [1.82, 2.24) is 20.1 Å². The maximum atomic E-state index is 13.5. The molecule has 1 N–H and O–H groups in total. The fourth-order valence-corrected chi connectivity index (χ4v) is 4.66. The smallest absolute Gasteiger partial charge is 0.277 e. The predicted molar refractivity (Wildman–Crippen MR) is 134 cm³/mol. The molecule has 0 bridgehead atoms. The van der Waals surface area contributed by atoms with Crippen molar-refractivity contribution in [3.8, 4) is 11.5 Å². The molecule has 0 aliphatic carbocycles. The van der Waals surface area contributed by atoms with Gasteiger partial charge in [0.2, 0.25) is 5.91 Å². The molecular weight excluding hydrogens is 444 g/mol. The molecule has 0 fully saturated rings. The summed E-state index contributed by atoms with van der Waals surface area (Å²) in [4.78, 5) is 18.6. The summed E-state index contributed by atoms with van der Waals surface area (Å²) in [6.45, 7) is 2.94. The van der Waals surface area contributed by atoms with Gasteiger partial charge in [0.15, 0.2) is 0 Å². The third kappa shape index (κ3) is 4.89. The SMILES string of the molecule is CC(Sc1nnc(-c2c[nH]c3ccccc23)o1)C(=O)N(Cc1ccccc1)Cc1ccccc1. The molecule has 5 aromatic rings. The van der Waals surface area contributed by atoms with E-state index in [1.165, 1.54) is 11.8 Å². The molecule has 0 radical (unpaired) electrons. The van der Waals surface area contributed by atoms with Crippen LogP contribution in [0, 0.1) is 0 Å². The summed E-state index contributed by atoms with van der Waals surface area (Å²) in [5.74, 6) is 0.453. The quantitative estimate of drug-likeness (QED) is 0.286. The van der Waals surface area contributed by atoms with E-state index < -0.39 is 0 Å². The average molecular weight is 469 g/mol. The lowest BCUT2D eigenvalue weighted by Gasteiger charge is -2.25. The highest BCUT2D eigenvalue weighted by Gasteiger charge is 2.25. The summed E-state index contributed by atoms with van der Waals surface area (Å²) in [5.41, 5.74) is 4.03. The van der Waals surface area contributed by atoms with Gasteiger partial charge in [-0.1, -0.05) is 90.6 Å². The molecule has 3 aromatic carbocycles. The second kappa shape index (κ2) is 9.97. The van der Waals surface area contributed by atoms with E-state index in [1.54, 1.807) is 0 Å². The Hall–Kier alpha value is -3.84. The molecule has 2 heterocycles. The van der Waals surface area contributed by atoms with Crippen molar-refractivity contribution >= 4 is 28.6 Å². The van der Waals surface area contributed by atoms with Crippen LogP contribution >= 0.6 is 11.8 Å². The minimum Gasteiger partial charge on any atom is -0.411 e. The van der Waals surface area contributed by atoms with Crippen molar-refractivity contribution in [2.75, 3.05) is 0 Å². The number of aromatic nitrogens is 3. The molecule has 0 saturated heterocycles. The van der Waals surface area contributed by atoms with Gasteiger partial charge in [-0.15, -0.1) is 10.2 Å². The molecule has 7 heteroatoms. The second-order valence-electron chi connectivity index (χ2n) is 8.05. The highest BCUT2D eigenvalue weighted by molar-refractivity contribution is 8.00. The number of carbonyl (C=O) groups excluding carboxylic acids is 1. The summed E-state index contributed by atoms with van der Waals surface area (Å²) in [5, 5.41) is 9.42. The van der Waals surface area contributed by atoms with E-state index in [1.807, 2.05) is 103 Å². The molecule has 1 amide bonds. The number of nitrogens with one attached hydrogen (secondary N) is 1. The first-order valence-electron chi connectivity index (χ1n) is 11.1. The zero-order chi connectivity index (χ0) is 23.3. The number of thioether (sulfide) groups is 1. The van der Waals surface area contributed by atoms with Crippen LogP contribution in [-0.4, -0.2) is 31.2 Å². The zero-order valence-electron chi connectivity index (χ0n) is 18.7. The molecule has 5 rings (SSSR count). The lowest BCUT2D eigenvalue weighted by atomic mass is 10.1. The number of nitrogens with zero attached hydrogens (tertiary/aromatic N) is 3. The topological polar surface area (TPSA) is 75.0 Å². The zero-order valence-corrected chi connectivity index (χ0v) is 19.5. The maximum Gasteiger partial charge on any atom is 0.277 e. The third-order valence-electron chi connectivity index (χ3n) is 5.60. The number of carbonyl (C=O) groups is 1. The van der Waals surface area contributed by atoms with Crippen LogP contribution in [0.3, 0.4) is 0 Å². The number of benzene rings is 3. The van der Waals surface area contributed by atoms with Gasteiger partial charge in [0, 0.05) is 30.2 Å². The van der Waals surface area contributed by atoms with Gasteiger partial charge in [0.05, 0.1) is 10.8 Å². The van der Waals surface area contributed by atoms with Gasteiger partial charge in [-0.2, -0.15) is 0 Å². The largest absolute Gasteiger partial charge is 0.411 e. The normalized spacial score (nSPS) is 12.0. The number of rotatable bonds is 8. The van der Waals surface area contributed by atoms with E-state index in [0.717, 1.165) is 27.6 Å². The Bertz CT molecular complexity index is 1340. The fraction of sp³-hybridized carbons (Fsp3) is 0.148. The molecule has 1 atom stereocenters. The Balaban J connectivity index is 1.33. The lowest BCUT2D eigenvalue weighted by Crippen LogP contribution is -2.35. The minimum atomic E-state index is -0.385. The van der Waals surface area contributed by atoms with Crippen molar-refractivity contribution < 1.29 is 9.21 Å². The number of fused-ring (bicyclic) bond motifs is 1. The monoisotopic (exact) mass is 468 g/mol. The van der Waals surface area contributed by atoms with Gasteiger partial charge in [0.1, 0.15) is 0 Å². The number of hydrogen-bond donors (Lipinski definition) is 1. The van der Waals surface area contributed by atoms with Crippen LogP contribution in [0.5, 0.6) is 0 Å². The molecule has 0 spiro atoms. The van der Waals surface area contributed by atoms with E-state index in [9.17, 15) is 4.79 Å². The lowest BCUT2D eigenvalue weighted by molar-refractivity contribution is -0.131. The summed E-state index contributed by atoms with van der Waals surface area (Å²) in [7, 11) is 0. The van der Waals surface area contributed by atoms with E-state index in [-0.39, 0.29) is 11.2 Å². The first kappa shape index (κ1) is 22.0. The Morgan fingerprint density at radius 1 is 0.912 bits per heavy atom. The first-order chi connectivity index (χ1) is 16.7. The summed E-state index contributed by atoms with van der Waals surface area (Å²) < 4.78 is 5.92. The summed E-state index contributed by atoms with van der Waals surface area (Å²) in [6.07, 6.45) is 1.86. The van der Waals surface area contributed by atoms with Crippen molar-refractivity contribution in [2.24, 2.45) is 0 Å². The van der Waals surface area contributed by atoms with Gasteiger partial charge >= 0.3 is 0 Å². The highest BCUT2D eigenvalue weighted by atomic mass is 32.2. The van der Waals surface area contributed by atoms with Crippen LogP contribution in [-0.2, 0) is 17.9 Å². The summed E-state index contributed by atoms with van der Waals surface area (Å²) >= 11 is 1.28. The maximum absolute atomic E-state index is 13.5. The van der Waals surface area contributed by atoms with Gasteiger partial charge < -0.3 is 14.3 Å². The Kier molecular flexibility index (Phi) is 6.44. The van der Waals surface area contributed by atoms with E-state index in [0.29, 0.717) is 24.2 Å². The third-order valence-corrected chi connectivity index (χ3v) is 6.52. The van der Waals surface area contributed by atoms with Gasteiger partial charge in [0.25, 0.3) is 11.1 Å². The van der Waals surface area contributed by atoms with Crippen molar-refractivity contribution in [3.05, 3.63) is 102 Å². The molecule has 0 aliphatic heterocycles. The van der Waals surface area contributed by atoms with E-state index in [4.69, 9.17) is 4.42 Å². The Labute approximate surface area is 202 Å². The van der Waals surface area contributed by atoms with Gasteiger partial charge in [-0.05, 0) is 24.1 Å².